The Morgan fingerprint density at radius 3 is 1.04 bits per heavy atom. The van der Waals surface area contributed by atoms with E-state index in [1.807, 2.05) is 87.5 Å². The number of amides is 3. The van der Waals surface area contributed by atoms with Crippen LogP contribution in [0.25, 0.3) is 0 Å². The summed E-state index contributed by atoms with van der Waals surface area (Å²) in [4.78, 5) is 91.9. The molecule has 3 amide bonds. The van der Waals surface area contributed by atoms with Gasteiger partial charge in [0.25, 0.3) is 17.7 Å². The predicted molar refractivity (Wildman–Crippen MR) is 397 cm³/mol. The standard InChI is InChI=1S/2C27H33F2NO4S.C27H31F2NO4S/c3*1-19(8-6-11-20-9-4-3-5-10-20)23(31)15-13-21-18-27(28,29)26(33)30(21)17-7-12-22-14-16-24(35-22)25(32)34-2/h2*3-5,9-10,13-16,19,21,23,31H,6-8,11-12,17-18H2,1-2H3;3-5,9-10,13-16,19,21H,6-8,11-12,17-18H2,1-2H3/b3*15-13+/t19-,21-,23+;19-,21-,23-;19-,21-/m000/s1. The lowest BCUT2D eigenvalue weighted by molar-refractivity contribution is -0.148. The molecule has 105 heavy (non-hydrogen) atoms. The van der Waals surface area contributed by atoms with E-state index < -0.39 is 103 Å². The van der Waals surface area contributed by atoms with E-state index in [1.54, 1.807) is 48.6 Å². The van der Waals surface area contributed by atoms with E-state index >= 15 is 0 Å². The van der Waals surface area contributed by atoms with Crippen molar-refractivity contribution in [2.75, 3.05) is 41.0 Å². The van der Waals surface area contributed by atoms with E-state index in [1.165, 1.54) is 98.9 Å². The van der Waals surface area contributed by atoms with E-state index in [9.17, 15) is 70.1 Å². The monoisotopic (exact) mass is 1510 g/mol. The van der Waals surface area contributed by atoms with E-state index in [0.717, 1.165) is 66.0 Å². The van der Waals surface area contributed by atoms with Crippen molar-refractivity contribution in [3.8, 4) is 0 Å². The van der Waals surface area contributed by atoms with Gasteiger partial charge in [0.05, 0.1) is 51.7 Å². The molecule has 6 aromatic rings. The third-order valence-electron chi connectivity index (χ3n) is 19.0. The third-order valence-corrected chi connectivity index (χ3v) is 22.4. The van der Waals surface area contributed by atoms with Crippen LogP contribution in [-0.2, 0) is 71.9 Å². The number of methoxy groups -OCH3 is 3. The molecule has 3 aliphatic heterocycles. The summed E-state index contributed by atoms with van der Waals surface area (Å²) in [6.07, 6.45) is 16.6. The van der Waals surface area contributed by atoms with Crippen LogP contribution in [0.1, 0.15) is 158 Å². The maximum atomic E-state index is 14.2. The number of allylic oxidation sites excluding steroid dienone is 1. The number of carbonyl (C=O) groups excluding carboxylic acids is 7. The van der Waals surface area contributed by atoms with Crippen molar-refractivity contribution in [1.82, 2.24) is 14.7 Å². The molecule has 3 fully saturated rings. The second-order valence-electron chi connectivity index (χ2n) is 27.0. The minimum Gasteiger partial charge on any atom is -0.465 e. The van der Waals surface area contributed by atoms with Crippen LogP contribution in [-0.4, -0.2) is 155 Å². The first-order chi connectivity index (χ1) is 50.1. The summed E-state index contributed by atoms with van der Waals surface area (Å²) in [5.74, 6) is -15.4. The zero-order valence-corrected chi connectivity index (χ0v) is 62.8. The molecule has 15 nitrogen and oxygen atoms in total. The molecule has 8 atom stereocenters. The Morgan fingerprint density at radius 2 is 0.733 bits per heavy atom. The number of rotatable bonds is 36. The van der Waals surface area contributed by atoms with Gasteiger partial charge in [-0.1, -0.05) is 142 Å². The number of hydrogen-bond donors (Lipinski definition) is 2. The van der Waals surface area contributed by atoms with Crippen LogP contribution < -0.4 is 0 Å². The molecular formula is C81H97F6N3O12S3. The van der Waals surface area contributed by atoms with Crippen molar-refractivity contribution in [2.45, 2.75) is 184 Å². The number of hydrogen-bond acceptors (Lipinski definition) is 15. The number of aliphatic hydroxyl groups excluding tert-OH is 2. The average molecular weight is 1510 g/mol. The van der Waals surface area contributed by atoms with Crippen LogP contribution >= 0.6 is 34.0 Å². The summed E-state index contributed by atoms with van der Waals surface area (Å²) < 4.78 is 99.2. The van der Waals surface area contributed by atoms with Crippen LogP contribution in [0.2, 0.25) is 0 Å². The highest BCUT2D eigenvalue weighted by Crippen LogP contribution is 2.38. The van der Waals surface area contributed by atoms with Crippen molar-refractivity contribution < 1.29 is 84.3 Å². The molecule has 3 aromatic heterocycles. The molecule has 3 aromatic carbocycles. The lowest BCUT2D eigenvalue weighted by Crippen LogP contribution is -2.36. The maximum Gasteiger partial charge on any atom is 0.348 e. The first-order valence-corrected chi connectivity index (χ1v) is 38.2. The normalized spacial score (nSPS) is 18.9. The molecule has 9 rings (SSSR count). The van der Waals surface area contributed by atoms with Gasteiger partial charge in [-0.2, -0.15) is 26.3 Å². The van der Waals surface area contributed by atoms with Gasteiger partial charge in [-0.05, 0) is 167 Å². The van der Waals surface area contributed by atoms with E-state index in [4.69, 9.17) is 14.2 Å². The number of ketones is 1. The Balaban J connectivity index is 0.000000220. The molecule has 0 unspecified atom stereocenters. The Kier molecular flexibility index (Phi) is 33.0. The van der Waals surface area contributed by atoms with Crippen molar-refractivity contribution in [3.05, 3.63) is 210 Å². The van der Waals surface area contributed by atoms with Crippen LogP contribution in [0.3, 0.4) is 0 Å². The molecule has 0 bridgehead atoms. The fourth-order valence-electron chi connectivity index (χ4n) is 12.7. The third kappa shape index (κ3) is 25.9. The maximum absolute atomic E-state index is 14.2. The first-order valence-electron chi connectivity index (χ1n) is 35.8. The second-order valence-corrected chi connectivity index (χ2v) is 30.5. The predicted octanol–water partition coefficient (Wildman–Crippen LogP) is 16.0. The average Bonchev–Trinajstić information content (AvgIpc) is 1.66. The largest absolute Gasteiger partial charge is 0.465 e. The molecule has 3 saturated heterocycles. The topological polar surface area (TPSA) is 197 Å². The van der Waals surface area contributed by atoms with E-state index in [2.05, 4.69) is 36.4 Å². The number of alkyl halides is 6. The quantitative estimate of drug-likeness (QED) is 0.0124. The van der Waals surface area contributed by atoms with Gasteiger partial charge in [0.15, 0.2) is 5.78 Å². The van der Waals surface area contributed by atoms with Crippen LogP contribution in [0.5, 0.6) is 0 Å². The number of aryl methyl sites for hydroxylation is 6. The summed E-state index contributed by atoms with van der Waals surface area (Å²) in [5, 5.41) is 21.1. The zero-order chi connectivity index (χ0) is 76.3. The number of carbonyl (C=O) groups is 7. The molecule has 0 spiro atoms. The van der Waals surface area contributed by atoms with Crippen LogP contribution in [0, 0.1) is 17.8 Å². The van der Waals surface area contributed by atoms with E-state index in [0.29, 0.717) is 59.6 Å². The lowest BCUT2D eigenvalue weighted by atomic mass is 9.95. The number of nitrogens with zero attached hydrogens (tertiary/aromatic N) is 3. The highest BCUT2D eigenvalue weighted by atomic mass is 32.1. The minimum atomic E-state index is -3.43. The second kappa shape index (κ2) is 41.2. The smallest absolute Gasteiger partial charge is 0.348 e. The molecule has 2 N–H and O–H groups in total. The Hall–Kier alpha value is -8.03. The van der Waals surface area contributed by atoms with Gasteiger partial charge in [-0.15, -0.1) is 34.0 Å². The summed E-state index contributed by atoms with van der Waals surface area (Å²) in [6, 6.07) is 38.4. The van der Waals surface area contributed by atoms with Crippen LogP contribution in [0.4, 0.5) is 26.3 Å². The number of benzene rings is 3. The Morgan fingerprint density at radius 1 is 0.438 bits per heavy atom. The van der Waals surface area contributed by atoms with Gasteiger partial charge in [0.1, 0.15) is 14.6 Å². The summed E-state index contributed by atoms with van der Waals surface area (Å²) in [5.41, 5.74) is 3.71. The number of likely N-dealkylation sites (tertiary alicyclic amines) is 3. The van der Waals surface area contributed by atoms with Gasteiger partial charge in [-0.3, -0.25) is 19.2 Å². The van der Waals surface area contributed by atoms with Crippen molar-refractivity contribution >= 4 is 75.4 Å². The SMILES string of the molecule is COC(=O)c1ccc(CCCN2C(=O)C(F)(F)C[C@@H]2/C=C/C(=O)[C@@H](C)CCCc2ccccc2)s1.COC(=O)c1ccc(CCCN2C(=O)C(F)(F)C[C@@H]2/C=C/[C@@H](O)[C@@H](C)CCCc2ccccc2)s1.COC(=O)c1ccc(CCCN2C(=O)C(F)(F)C[C@@H]2/C=C/[C@H](O)[C@@H](C)CCCc2ccccc2)s1. The number of aliphatic hydroxyl groups is 2. The van der Waals surface area contributed by atoms with E-state index in [-0.39, 0.29) is 43.2 Å². The zero-order valence-electron chi connectivity index (χ0n) is 60.4. The van der Waals surface area contributed by atoms with Gasteiger partial charge in [-0.25, -0.2) is 14.4 Å². The lowest BCUT2D eigenvalue weighted by Gasteiger charge is -2.22. The number of ether oxygens (including phenoxy) is 3. The summed E-state index contributed by atoms with van der Waals surface area (Å²) >= 11 is 3.88. The Labute approximate surface area is 624 Å². The number of thiophene rings is 3. The molecule has 568 valence electrons. The minimum absolute atomic E-state index is 0.0242. The van der Waals surface area contributed by atoms with Gasteiger partial charge >= 0.3 is 35.7 Å². The molecule has 3 aliphatic rings. The highest BCUT2D eigenvalue weighted by Gasteiger charge is 2.54. The van der Waals surface area contributed by atoms with Crippen molar-refractivity contribution in [2.24, 2.45) is 17.8 Å². The number of halogens is 6. The fraction of sp³-hybridized carbons (Fsp3) is 0.469. The van der Waals surface area contributed by atoms with Crippen LogP contribution in [0.15, 0.2) is 164 Å². The molecule has 0 aliphatic carbocycles. The van der Waals surface area contributed by atoms with Crippen molar-refractivity contribution in [3.63, 3.8) is 0 Å². The molecule has 6 heterocycles. The first kappa shape index (κ1) is 84.2. The van der Waals surface area contributed by atoms with Crippen molar-refractivity contribution in [1.29, 1.82) is 0 Å². The summed E-state index contributed by atoms with van der Waals surface area (Å²) in [6.45, 7) is 6.23. The Bertz CT molecular complexity index is 3680. The van der Waals surface area contributed by atoms with Gasteiger partial charge in [0, 0.05) is 59.4 Å². The molecule has 24 heteroatoms. The highest BCUT2D eigenvalue weighted by molar-refractivity contribution is 7.14. The summed E-state index contributed by atoms with van der Waals surface area (Å²) in [7, 11) is 3.94. The number of esters is 3. The molecule has 0 radical (unpaired) electrons. The fourth-order valence-corrected chi connectivity index (χ4v) is 15.6. The molecule has 0 saturated carbocycles. The van der Waals surface area contributed by atoms with Gasteiger partial charge in [0.2, 0.25) is 0 Å². The molecular weight excluding hydrogens is 1420 g/mol. The van der Waals surface area contributed by atoms with Gasteiger partial charge < -0.3 is 39.1 Å².